The summed E-state index contributed by atoms with van der Waals surface area (Å²) in [6.07, 6.45) is 5.63. The second-order valence-corrected chi connectivity index (χ2v) is 12.2. The Morgan fingerprint density at radius 1 is 1.17 bits per heavy atom. The largest absolute Gasteiger partial charge is 0.363 e. The van der Waals surface area contributed by atoms with Crippen LogP contribution in [0.5, 0.6) is 0 Å². The van der Waals surface area contributed by atoms with Crippen LogP contribution in [0.3, 0.4) is 0 Å². The van der Waals surface area contributed by atoms with Crippen molar-refractivity contribution in [1.29, 1.82) is 0 Å². The molecular weight excluding hydrogens is 509 g/mol. The number of hydrogen-bond acceptors (Lipinski definition) is 5. The minimum absolute atomic E-state index is 0.0143. The van der Waals surface area contributed by atoms with Crippen molar-refractivity contribution in [3.63, 3.8) is 0 Å². The van der Waals surface area contributed by atoms with Gasteiger partial charge in [-0.15, -0.1) is 11.3 Å². The molecule has 0 amide bonds. The fraction of sp³-hybridized carbons (Fsp3) is 0.500. The first-order chi connectivity index (χ1) is 17.1. The van der Waals surface area contributed by atoms with E-state index in [0.717, 1.165) is 29.7 Å². The number of likely N-dealkylation sites (tertiary alicyclic amines) is 1. The zero-order chi connectivity index (χ0) is 25.3. The highest BCUT2D eigenvalue weighted by Gasteiger charge is 2.51. The lowest BCUT2D eigenvalue weighted by atomic mass is 9.84. The first-order valence-electron chi connectivity index (χ1n) is 12.2. The molecule has 3 aliphatic rings. The number of aryl methyl sites for hydroxylation is 1. The Hall–Kier alpha value is -1.91. The molecule has 0 radical (unpaired) electrons. The first kappa shape index (κ1) is 24.4. The number of ether oxygens (including phenoxy) is 1. The number of fused-ring (bicyclic) bond motifs is 2. The van der Waals surface area contributed by atoms with E-state index in [0.29, 0.717) is 53.8 Å². The SMILES string of the molecule is Cc1nn(-c2c(F)cccc2CC2(N)CC2)cc1CN1CCC2(CC1)OCC(F)(F)c1cc(Cl)sc12. The molecule has 2 aliphatic heterocycles. The second-order valence-electron chi connectivity index (χ2n) is 10.5. The number of piperidine rings is 1. The number of rotatable bonds is 5. The van der Waals surface area contributed by atoms with Crippen LogP contribution in [0.4, 0.5) is 13.2 Å². The Labute approximate surface area is 217 Å². The van der Waals surface area contributed by atoms with Crippen LogP contribution in [0, 0.1) is 12.7 Å². The second kappa shape index (κ2) is 8.56. The van der Waals surface area contributed by atoms with E-state index in [1.54, 1.807) is 10.7 Å². The number of nitrogens with two attached hydrogens (primary N) is 1. The van der Waals surface area contributed by atoms with Gasteiger partial charge in [-0.25, -0.2) is 9.07 Å². The van der Waals surface area contributed by atoms with Crippen LogP contribution in [-0.4, -0.2) is 39.9 Å². The predicted octanol–water partition coefficient (Wildman–Crippen LogP) is 5.68. The summed E-state index contributed by atoms with van der Waals surface area (Å²) >= 11 is 7.33. The fourth-order valence-electron chi connectivity index (χ4n) is 5.47. The van der Waals surface area contributed by atoms with Crippen molar-refractivity contribution in [1.82, 2.24) is 14.7 Å². The van der Waals surface area contributed by atoms with E-state index in [1.807, 2.05) is 19.2 Å². The van der Waals surface area contributed by atoms with Crippen molar-refractivity contribution in [3.8, 4) is 5.69 Å². The summed E-state index contributed by atoms with van der Waals surface area (Å²) in [5.74, 6) is -3.33. The lowest BCUT2D eigenvalue weighted by molar-refractivity contribution is -0.182. The summed E-state index contributed by atoms with van der Waals surface area (Å²) in [7, 11) is 0. The van der Waals surface area contributed by atoms with E-state index >= 15 is 0 Å². The van der Waals surface area contributed by atoms with E-state index < -0.39 is 18.1 Å². The molecule has 192 valence electrons. The molecule has 0 unspecified atom stereocenters. The normalized spacial score (nSPS) is 22.1. The van der Waals surface area contributed by atoms with Gasteiger partial charge in [-0.05, 0) is 56.7 Å². The maximum atomic E-state index is 14.9. The molecule has 0 bridgehead atoms. The van der Waals surface area contributed by atoms with Crippen molar-refractivity contribution in [2.24, 2.45) is 5.73 Å². The number of benzene rings is 1. The number of halogens is 4. The molecule has 2 aromatic heterocycles. The van der Waals surface area contributed by atoms with Gasteiger partial charge in [0.1, 0.15) is 23.7 Å². The average Bonchev–Trinajstić information content (AvgIpc) is 3.22. The van der Waals surface area contributed by atoms with Crippen LogP contribution in [0.25, 0.3) is 5.69 Å². The molecular formula is C26H28ClF3N4OS. The topological polar surface area (TPSA) is 56.3 Å². The van der Waals surface area contributed by atoms with Crippen molar-refractivity contribution in [2.75, 3.05) is 19.7 Å². The Morgan fingerprint density at radius 2 is 1.92 bits per heavy atom. The smallest absolute Gasteiger partial charge is 0.297 e. The van der Waals surface area contributed by atoms with Crippen molar-refractivity contribution in [3.05, 3.63) is 67.9 Å². The number of hydrogen-bond donors (Lipinski definition) is 1. The van der Waals surface area contributed by atoms with Crippen LogP contribution in [0.15, 0.2) is 30.5 Å². The molecule has 6 rings (SSSR count). The van der Waals surface area contributed by atoms with Crippen LogP contribution in [0.1, 0.15) is 52.9 Å². The van der Waals surface area contributed by atoms with E-state index in [1.165, 1.54) is 23.5 Å². The van der Waals surface area contributed by atoms with Crippen molar-refractivity contribution in [2.45, 2.75) is 62.6 Å². The highest BCUT2D eigenvalue weighted by Crippen LogP contribution is 2.52. The summed E-state index contributed by atoms with van der Waals surface area (Å²) < 4.78 is 51.6. The summed E-state index contributed by atoms with van der Waals surface area (Å²) in [6.45, 7) is 3.32. The Morgan fingerprint density at radius 3 is 2.64 bits per heavy atom. The number of alkyl halides is 2. The third-order valence-electron chi connectivity index (χ3n) is 7.83. The maximum absolute atomic E-state index is 14.9. The molecule has 1 saturated heterocycles. The Bertz CT molecular complexity index is 1310. The van der Waals surface area contributed by atoms with Crippen LogP contribution in [-0.2, 0) is 29.2 Å². The molecule has 2 fully saturated rings. The zero-order valence-corrected chi connectivity index (χ0v) is 21.6. The van der Waals surface area contributed by atoms with Gasteiger partial charge in [-0.1, -0.05) is 23.7 Å². The molecule has 3 aromatic rings. The quantitative estimate of drug-likeness (QED) is 0.456. The Kier molecular flexibility index (Phi) is 5.81. The average molecular weight is 537 g/mol. The minimum atomic E-state index is -3.01. The van der Waals surface area contributed by atoms with Crippen LogP contribution in [0.2, 0.25) is 4.34 Å². The van der Waals surface area contributed by atoms with Gasteiger partial charge in [0.25, 0.3) is 5.92 Å². The van der Waals surface area contributed by atoms with E-state index in [2.05, 4.69) is 10.00 Å². The molecule has 4 heterocycles. The van der Waals surface area contributed by atoms with Gasteiger partial charge in [0, 0.05) is 47.4 Å². The molecule has 1 saturated carbocycles. The first-order valence-corrected chi connectivity index (χ1v) is 13.4. The van der Waals surface area contributed by atoms with Gasteiger partial charge < -0.3 is 10.5 Å². The molecule has 0 atom stereocenters. The summed E-state index contributed by atoms with van der Waals surface area (Å²) in [4.78, 5) is 2.83. The van der Waals surface area contributed by atoms with Gasteiger partial charge in [-0.3, -0.25) is 4.90 Å². The number of nitrogens with zero attached hydrogens (tertiary/aromatic N) is 3. The third-order valence-corrected chi connectivity index (χ3v) is 9.28. The van der Waals surface area contributed by atoms with Crippen LogP contribution < -0.4 is 5.73 Å². The number of aromatic nitrogens is 2. The van der Waals surface area contributed by atoms with Crippen LogP contribution >= 0.6 is 22.9 Å². The monoisotopic (exact) mass is 536 g/mol. The highest BCUT2D eigenvalue weighted by atomic mass is 35.5. The van der Waals surface area contributed by atoms with Gasteiger partial charge in [0.05, 0.1) is 10.0 Å². The van der Waals surface area contributed by atoms with Gasteiger partial charge >= 0.3 is 0 Å². The zero-order valence-electron chi connectivity index (χ0n) is 20.0. The number of thiophene rings is 1. The lowest BCUT2D eigenvalue weighted by Gasteiger charge is -2.45. The van der Waals surface area contributed by atoms with Gasteiger partial charge in [-0.2, -0.15) is 13.9 Å². The summed E-state index contributed by atoms with van der Waals surface area (Å²) in [5, 5.41) is 4.64. The fourth-order valence-corrected chi connectivity index (χ4v) is 6.95. The van der Waals surface area contributed by atoms with Gasteiger partial charge in [0.2, 0.25) is 0 Å². The molecule has 5 nitrogen and oxygen atoms in total. The summed E-state index contributed by atoms with van der Waals surface area (Å²) in [5.41, 5.74) is 8.54. The molecule has 1 spiro atoms. The number of para-hydroxylation sites is 1. The van der Waals surface area contributed by atoms with E-state index in [4.69, 9.17) is 22.1 Å². The molecule has 36 heavy (non-hydrogen) atoms. The van der Waals surface area contributed by atoms with E-state index in [-0.39, 0.29) is 16.9 Å². The van der Waals surface area contributed by atoms with Crippen molar-refractivity contribution >= 4 is 22.9 Å². The minimum Gasteiger partial charge on any atom is -0.363 e. The lowest BCUT2D eigenvalue weighted by Crippen LogP contribution is -2.48. The van der Waals surface area contributed by atoms with E-state index in [9.17, 15) is 13.2 Å². The summed E-state index contributed by atoms with van der Waals surface area (Å²) in [6, 6.07) is 6.48. The molecule has 1 aliphatic carbocycles. The Balaban J connectivity index is 1.19. The third kappa shape index (κ3) is 4.28. The highest BCUT2D eigenvalue weighted by molar-refractivity contribution is 7.16. The van der Waals surface area contributed by atoms with Gasteiger partial charge in [0.15, 0.2) is 0 Å². The van der Waals surface area contributed by atoms with Crippen molar-refractivity contribution < 1.29 is 17.9 Å². The predicted molar refractivity (Wildman–Crippen MR) is 133 cm³/mol. The molecule has 1 aromatic carbocycles. The molecule has 10 heteroatoms. The maximum Gasteiger partial charge on any atom is 0.297 e. The molecule has 2 N–H and O–H groups in total. The standard InChI is InChI=1S/C26H28ClF3N4OS/c1-16-18(14-34(32-16)22-17(3-2-4-20(22)28)12-24(31)5-6-24)13-33-9-7-25(8-10-33)23-19(11-21(27)36-23)26(29,30)15-35-25/h2-4,11,14H,5-10,12-13,15,31H2,1H3.